The summed E-state index contributed by atoms with van der Waals surface area (Å²) in [6, 6.07) is 0. The second-order valence-electron chi connectivity index (χ2n) is 3.97. The maximum Gasteiger partial charge on any atom is 0.333 e. The number of rotatable bonds is 2. The van der Waals surface area contributed by atoms with Crippen LogP contribution in [-0.2, 0) is 23.8 Å². The summed E-state index contributed by atoms with van der Waals surface area (Å²) in [5.74, 6) is -1.10. The molecule has 0 N–H and O–H groups in total. The largest absolute Gasteiger partial charge is 0.469 e. The zero-order valence-corrected chi connectivity index (χ0v) is 9.26. The summed E-state index contributed by atoms with van der Waals surface area (Å²) in [6.45, 7) is 0.959. The molecule has 1 fully saturated rings. The minimum atomic E-state index is -0.383. The van der Waals surface area contributed by atoms with Crippen LogP contribution in [-0.4, -0.2) is 39.4 Å². The van der Waals surface area contributed by atoms with Crippen molar-refractivity contribution in [3.05, 3.63) is 11.6 Å². The predicted molar refractivity (Wildman–Crippen MR) is 53.4 cm³/mol. The average molecular weight is 226 g/mol. The number of carbonyl (C=O) groups excluding carboxylic acids is 2. The highest BCUT2D eigenvalue weighted by Gasteiger charge is 2.47. The van der Waals surface area contributed by atoms with Crippen molar-refractivity contribution in [2.75, 3.05) is 27.4 Å². The van der Waals surface area contributed by atoms with Crippen LogP contribution in [0.5, 0.6) is 0 Å². The maximum atomic E-state index is 11.5. The molecule has 0 aromatic heterocycles. The molecule has 0 saturated carbocycles. The van der Waals surface area contributed by atoms with Crippen molar-refractivity contribution in [3.8, 4) is 0 Å². The quantitative estimate of drug-likeness (QED) is 0.627. The highest BCUT2D eigenvalue weighted by Crippen LogP contribution is 2.41. The number of carbonyl (C=O) groups is 2. The van der Waals surface area contributed by atoms with Crippen LogP contribution in [0.15, 0.2) is 11.6 Å². The van der Waals surface area contributed by atoms with E-state index >= 15 is 0 Å². The molecule has 5 heteroatoms. The van der Waals surface area contributed by atoms with Gasteiger partial charge in [-0.25, -0.2) is 4.79 Å². The highest BCUT2D eigenvalue weighted by atomic mass is 16.5. The van der Waals surface area contributed by atoms with E-state index in [0.717, 1.165) is 0 Å². The molecule has 88 valence electrons. The first-order chi connectivity index (χ1) is 7.69. The minimum absolute atomic E-state index is 0.0153. The average Bonchev–Trinajstić information content (AvgIpc) is 2.87. The summed E-state index contributed by atoms with van der Waals surface area (Å²) in [6.07, 6.45) is 1.66. The zero-order chi connectivity index (χ0) is 11.7. The lowest BCUT2D eigenvalue weighted by molar-refractivity contribution is -0.145. The molecule has 0 unspecified atom stereocenters. The Kier molecular flexibility index (Phi) is 2.96. The first-order valence-corrected chi connectivity index (χ1v) is 5.14. The third-order valence-electron chi connectivity index (χ3n) is 3.24. The normalized spacial score (nSPS) is 31.9. The van der Waals surface area contributed by atoms with Gasteiger partial charge >= 0.3 is 11.9 Å². The van der Waals surface area contributed by atoms with Gasteiger partial charge in [0.2, 0.25) is 0 Å². The molecule has 1 aliphatic carbocycles. The van der Waals surface area contributed by atoms with Crippen LogP contribution < -0.4 is 0 Å². The van der Waals surface area contributed by atoms with Gasteiger partial charge in [0, 0.05) is 17.4 Å². The smallest absolute Gasteiger partial charge is 0.333 e. The fraction of sp³-hybridized carbons (Fsp3) is 0.636. The summed E-state index contributed by atoms with van der Waals surface area (Å²) in [4.78, 5) is 23.1. The topological polar surface area (TPSA) is 61.8 Å². The van der Waals surface area contributed by atoms with E-state index in [1.807, 2.05) is 0 Å². The van der Waals surface area contributed by atoms with Crippen LogP contribution >= 0.6 is 0 Å². The molecule has 0 spiro atoms. The lowest BCUT2D eigenvalue weighted by atomic mass is 9.89. The SMILES string of the molecule is COC(=O)C1=C[C@@H](C(=O)OC)[C@@H]2COC[C@H]12. The van der Waals surface area contributed by atoms with Gasteiger partial charge in [-0.15, -0.1) is 0 Å². The van der Waals surface area contributed by atoms with Crippen LogP contribution in [0, 0.1) is 17.8 Å². The summed E-state index contributed by atoms with van der Waals surface area (Å²) in [5.41, 5.74) is 0.542. The van der Waals surface area contributed by atoms with Gasteiger partial charge in [0.1, 0.15) is 0 Å². The molecule has 0 amide bonds. The molecule has 3 atom stereocenters. The molecule has 5 nitrogen and oxygen atoms in total. The van der Waals surface area contributed by atoms with E-state index in [9.17, 15) is 9.59 Å². The summed E-state index contributed by atoms with van der Waals surface area (Å²) < 4.78 is 14.7. The lowest BCUT2D eigenvalue weighted by Crippen LogP contribution is -2.24. The van der Waals surface area contributed by atoms with E-state index in [1.165, 1.54) is 14.2 Å². The second-order valence-corrected chi connectivity index (χ2v) is 3.97. The maximum absolute atomic E-state index is 11.5. The van der Waals surface area contributed by atoms with Crippen molar-refractivity contribution < 1.29 is 23.8 Å². The Bertz CT molecular complexity index is 346. The van der Waals surface area contributed by atoms with Crippen LogP contribution in [0.25, 0.3) is 0 Å². The molecule has 0 bridgehead atoms. The van der Waals surface area contributed by atoms with Crippen molar-refractivity contribution in [1.82, 2.24) is 0 Å². The van der Waals surface area contributed by atoms with E-state index in [4.69, 9.17) is 9.47 Å². The van der Waals surface area contributed by atoms with Crippen molar-refractivity contribution in [1.29, 1.82) is 0 Å². The summed E-state index contributed by atoms with van der Waals surface area (Å²) >= 11 is 0. The molecular formula is C11H14O5. The second kappa shape index (κ2) is 4.25. The van der Waals surface area contributed by atoms with Gasteiger partial charge in [-0.2, -0.15) is 0 Å². The Hall–Kier alpha value is -1.36. The third-order valence-corrected chi connectivity index (χ3v) is 3.24. The van der Waals surface area contributed by atoms with Crippen molar-refractivity contribution in [3.63, 3.8) is 0 Å². The number of methoxy groups -OCH3 is 2. The lowest BCUT2D eigenvalue weighted by Gasteiger charge is -2.14. The van der Waals surface area contributed by atoms with Crippen LogP contribution in [0.4, 0.5) is 0 Å². The Morgan fingerprint density at radius 1 is 1.31 bits per heavy atom. The highest BCUT2D eigenvalue weighted by molar-refractivity contribution is 5.92. The van der Waals surface area contributed by atoms with Crippen molar-refractivity contribution in [2.24, 2.45) is 17.8 Å². The molecule has 2 aliphatic rings. The third kappa shape index (κ3) is 1.61. The molecule has 0 aromatic carbocycles. The number of hydrogen-bond donors (Lipinski definition) is 0. The molecule has 0 aromatic rings. The molecule has 2 rings (SSSR count). The molecule has 1 heterocycles. The number of esters is 2. The zero-order valence-electron chi connectivity index (χ0n) is 9.26. The van der Waals surface area contributed by atoms with Gasteiger partial charge in [-0.1, -0.05) is 6.08 Å². The van der Waals surface area contributed by atoms with Gasteiger partial charge in [0.25, 0.3) is 0 Å². The van der Waals surface area contributed by atoms with Gasteiger partial charge in [0.05, 0.1) is 33.4 Å². The predicted octanol–water partition coefficient (Wildman–Crippen LogP) is 0.151. The Labute approximate surface area is 93.4 Å². The standard InChI is InChI=1S/C11H14O5/c1-14-10(12)6-3-7(11(13)15-2)9-5-16-4-8(6)9/h3,6,8-9H,4-5H2,1-2H3/t6-,8+,9-/m1/s1. The Morgan fingerprint density at radius 3 is 2.69 bits per heavy atom. The monoisotopic (exact) mass is 226 g/mol. The van der Waals surface area contributed by atoms with Gasteiger partial charge < -0.3 is 14.2 Å². The fourth-order valence-electron chi connectivity index (χ4n) is 2.40. The van der Waals surface area contributed by atoms with Crippen LogP contribution in [0.1, 0.15) is 0 Å². The van der Waals surface area contributed by atoms with E-state index in [1.54, 1.807) is 6.08 Å². The number of hydrogen-bond acceptors (Lipinski definition) is 5. The first-order valence-electron chi connectivity index (χ1n) is 5.14. The van der Waals surface area contributed by atoms with Gasteiger partial charge in [0.15, 0.2) is 0 Å². The number of ether oxygens (including phenoxy) is 3. The molecule has 1 saturated heterocycles. The Balaban J connectivity index is 2.25. The molecular weight excluding hydrogens is 212 g/mol. The number of fused-ring (bicyclic) bond motifs is 1. The van der Waals surface area contributed by atoms with Crippen molar-refractivity contribution in [2.45, 2.75) is 0 Å². The van der Waals surface area contributed by atoms with Gasteiger partial charge in [-0.05, 0) is 0 Å². The van der Waals surface area contributed by atoms with E-state index in [-0.39, 0.29) is 29.7 Å². The molecule has 0 radical (unpaired) electrons. The van der Waals surface area contributed by atoms with Gasteiger partial charge in [-0.3, -0.25) is 4.79 Å². The first kappa shape index (κ1) is 11.1. The van der Waals surface area contributed by atoms with E-state index < -0.39 is 0 Å². The molecule has 1 aliphatic heterocycles. The summed E-state index contributed by atoms with van der Waals surface area (Å²) in [7, 11) is 2.68. The van der Waals surface area contributed by atoms with Crippen LogP contribution in [0.2, 0.25) is 0 Å². The van der Waals surface area contributed by atoms with Crippen LogP contribution in [0.3, 0.4) is 0 Å². The van der Waals surface area contributed by atoms with E-state index in [0.29, 0.717) is 18.8 Å². The fourth-order valence-corrected chi connectivity index (χ4v) is 2.40. The van der Waals surface area contributed by atoms with Crippen molar-refractivity contribution >= 4 is 11.9 Å². The molecule has 16 heavy (non-hydrogen) atoms. The minimum Gasteiger partial charge on any atom is -0.469 e. The summed E-state index contributed by atoms with van der Waals surface area (Å²) in [5, 5.41) is 0. The van der Waals surface area contributed by atoms with E-state index in [2.05, 4.69) is 4.74 Å². The Morgan fingerprint density at radius 2 is 2.06 bits per heavy atom.